The summed E-state index contributed by atoms with van der Waals surface area (Å²) >= 11 is 3.40. The van der Waals surface area contributed by atoms with Crippen molar-refractivity contribution in [2.24, 2.45) is 0 Å². The van der Waals surface area contributed by atoms with Gasteiger partial charge >= 0.3 is 0 Å². The van der Waals surface area contributed by atoms with E-state index in [9.17, 15) is 9.50 Å². The van der Waals surface area contributed by atoms with E-state index in [4.69, 9.17) is 9.47 Å². The van der Waals surface area contributed by atoms with Crippen molar-refractivity contribution in [2.45, 2.75) is 13.0 Å². The number of rotatable bonds is 4. The van der Waals surface area contributed by atoms with Gasteiger partial charge in [0, 0.05) is 5.56 Å². The van der Waals surface area contributed by atoms with E-state index >= 15 is 0 Å². The minimum atomic E-state index is -0.915. The molecule has 0 saturated heterocycles. The van der Waals surface area contributed by atoms with E-state index in [1.807, 2.05) is 0 Å². The summed E-state index contributed by atoms with van der Waals surface area (Å²) in [5.74, 6) is 0.802. The van der Waals surface area contributed by atoms with Crippen molar-refractivity contribution < 1.29 is 19.0 Å². The van der Waals surface area contributed by atoms with Crippen molar-refractivity contribution in [3.8, 4) is 11.5 Å². The van der Waals surface area contributed by atoms with Gasteiger partial charge in [0.05, 0.1) is 14.2 Å². The van der Waals surface area contributed by atoms with Gasteiger partial charge in [0.25, 0.3) is 0 Å². The molecule has 0 saturated carbocycles. The average Bonchev–Trinajstić information content (AvgIpc) is 2.49. The maximum atomic E-state index is 13.3. The van der Waals surface area contributed by atoms with Crippen molar-refractivity contribution in [1.82, 2.24) is 0 Å². The number of aryl methyl sites for hydroxylation is 1. The number of hydrogen-bond acceptors (Lipinski definition) is 3. The van der Waals surface area contributed by atoms with Gasteiger partial charge < -0.3 is 14.6 Å². The lowest BCUT2D eigenvalue weighted by atomic mass is 9.99. The molecule has 0 heterocycles. The van der Waals surface area contributed by atoms with E-state index in [1.54, 1.807) is 38.3 Å². The highest BCUT2D eigenvalue weighted by atomic mass is 79.9. The van der Waals surface area contributed by atoms with Gasteiger partial charge in [-0.1, -0.05) is 12.1 Å². The van der Waals surface area contributed by atoms with Gasteiger partial charge in [-0.15, -0.1) is 0 Å². The molecule has 1 N–H and O–H groups in total. The van der Waals surface area contributed by atoms with Crippen LogP contribution in [0, 0.1) is 12.7 Å². The number of ether oxygens (including phenoxy) is 2. The highest BCUT2D eigenvalue weighted by molar-refractivity contribution is 9.10. The van der Waals surface area contributed by atoms with Gasteiger partial charge in [0.1, 0.15) is 27.9 Å². The minimum Gasteiger partial charge on any atom is -0.495 e. The molecule has 2 rings (SSSR count). The van der Waals surface area contributed by atoms with Gasteiger partial charge in [0.15, 0.2) is 0 Å². The van der Waals surface area contributed by atoms with Crippen LogP contribution < -0.4 is 9.47 Å². The van der Waals surface area contributed by atoms with Crippen molar-refractivity contribution in [1.29, 1.82) is 0 Å². The van der Waals surface area contributed by atoms with Gasteiger partial charge in [-0.2, -0.15) is 0 Å². The second kappa shape index (κ2) is 6.45. The van der Waals surface area contributed by atoms with E-state index < -0.39 is 6.10 Å². The summed E-state index contributed by atoms with van der Waals surface area (Å²) in [6, 6.07) is 7.99. The molecule has 21 heavy (non-hydrogen) atoms. The lowest BCUT2D eigenvalue weighted by Gasteiger charge is -2.18. The maximum absolute atomic E-state index is 13.3. The molecule has 3 nitrogen and oxygen atoms in total. The Hall–Kier alpha value is -1.59. The first kappa shape index (κ1) is 15.8. The smallest absolute Gasteiger partial charge is 0.142 e. The number of methoxy groups -OCH3 is 2. The third kappa shape index (κ3) is 3.04. The number of halogens is 2. The third-order valence-corrected chi connectivity index (χ3v) is 4.06. The molecule has 0 aliphatic rings. The Labute approximate surface area is 131 Å². The average molecular weight is 355 g/mol. The number of benzene rings is 2. The molecule has 1 unspecified atom stereocenters. The van der Waals surface area contributed by atoms with Gasteiger partial charge in [0.2, 0.25) is 0 Å². The molecular formula is C16H16BrFO3. The highest BCUT2D eigenvalue weighted by Gasteiger charge is 2.20. The van der Waals surface area contributed by atoms with Crippen LogP contribution in [0.25, 0.3) is 0 Å². The Morgan fingerprint density at radius 1 is 1.14 bits per heavy atom. The second-order valence-corrected chi connectivity index (χ2v) is 5.41. The van der Waals surface area contributed by atoms with Gasteiger partial charge in [-0.25, -0.2) is 4.39 Å². The fraction of sp³-hybridized carbons (Fsp3) is 0.250. The van der Waals surface area contributed by atoms with Crippen LogP contribution in [0.2, 0.25) is 0 Å². The van der Waals surface area contributed by atoms with Crippen molar-refractivity contribution >= 4 is 15.9 Å². The molecule has 0 bridgehead atoms. The van der Waals surface area contributed by atoms with E-state index in [0.29, 0.717) is 32.7 Å². The first-order valence-corrected chi connectivity index (χ1v) is 7.13. The first-order valence-electron chi connectivity index (χ1n) is 6.34. The van der Waals surface area contributed by atoms with Crippen LogP contribution in [0.4, 0.5) is 4.39 Å². The number of aliphatic hydroxyl groups is 1. The second-order valence-electron chi connectivity index (χ2n) is 4.62. The summed E-state index contributed by atoms with van der Waals surface area (Å²) < 4.78 is 24.5. The van der Waals surface area contributed by atoms with Crippen molar-refractivity contribution in [3.63, 3.8) is 0 Å². The molecule has 0 fully saturated rings. The molecule has 5 heteroatoms. The molecule has 1 atom stereocenters. The van der Waals surface area contributed by atoms with Crippen LogP contribution in [0.5, 0.6) is 11.5 Å². The summed E-state index contributed by atoms with van der Waals surface area (Å²) in [6.45, 7) is 1.66. The minimum absolute atomic E-state index is 0.297. The first-order chi connectivity index (χ1) is 9.99. The van der Waals surface area contributed by atoms with E-state index in [2.05, 4.69) is 15.9 Å². The summed E-state index contributed by atoms with van der Waals surface area (Å²) in [5.41, 5.74) is 1.67. The summed E-state index contributed by atoms with van der Waals surface area (Å²) in [5, 5.41) is 10.5. The molecule has 0 amide bonds. The zero-order valence-electron chi connectivity index (χ0n) is 12.0. The number of aliphatic hydroxyl groups excluding tert-OH is 1. The molecule has 0 spiro atoms. The monoisotopic (exact) mass is 354 g/mol. The predicted octanol–water partition coefficient (Wildman–Crippen LogP) is 4.00. The molecule has 0 aliphatic carbocycles. The fourth-order valence-electron chi connectivity index (χ4n) is 2.15. The molecule has 2 aromatic carbocycles. The quantitative estimate of drug-likeness (QED) is 0.901. The van der Waals surface area contributed by atoms with Crippen LogP contribution >= 0.6 is 15.9 Å². The van der Waals surface area contributed by atoms with Gasteiger partial charge in [-0.05, 0) is 52.2 Å². The van der Waals surface area contributed by atoms with Gasteiger partial charge in [-0.3, -0.25) is 0 Å². The van der Waals surface area contributed by atoms with Crippen molar-refractivity contribution in [2.75, 3.05) is 14.2 Å². The summed E-state index contributed by atoms with van der Waals surface area (Å²) in [6.07, 6.45) is -0.915. The Morgan fingerprint density at radius 2 is 1.86 bits per heavy atom. The number of hydrogen-bond donors (Lipinski definition) is 1. The van der Waals surface area contributed by atoms with E-state index in [0.717, 1.165) is 0 Å². The Bertz CT molecular complexity index is 658. The topological polar surface area (TPSA) is 38.7 Å². The molecular weight excluding hydrogens is 339 g/mol. The summed E-state index contributed by atoms with van der Waals surface area (Å²) in [4.78, 5) is 0. The standard InChI is InChI=1S/C16H16BrFO3/c1-9-8-10(4-6-12(9)18)15(19)11-5-7-13(20-2)14(17)16(11)21-3/h4-8,15,19H,1-3H3. The fourth-order valence-corrected chi connectivity index (χ4v) is 2.84. The van der Waals surface area contributed by atoms with E-state index in [1.165, 1.54) is 13.2 Å². The Morgan fingerprint density at radius 3 is 2.43 bits per heavy atom. The highest BCUT2D eigenvalue weighted by Crippen LogP contribution is 2.41. The SMILES string of the molecule is COc1ccc(C(O)c2ccc(F)c(C)c2)c(OC)c1Br. The van der Waals surface area contributed by atoms with Crippen LogP contribution in [0.15, 0.2) is 34.8 Å². The largest absolute Gasteiger partial charge is 0.495 e. The van der Waals surface area contributed by atoms with Crippen LogP contribution in [-0.2, 0) is 0 Å². The van der Waals surface area contributed by atoms with Crippen LogP contribution in [0.3, 0.4) is 0 Å². The summed E-state index contributed by atoms with van der Waals surface area (Å²) in [7, 11) is 3.07. The molecule has 0 radical (unpaired) electrons. The zero-order valence-corrected chi connectivity index (χ0v) is 13.6. The zero-order chi connectivity index (χ0) is 15.6. The Balaban J connectivity index is 2.50. The lowest BCUT2D eigenvalue weighted by molar-refractivity contribution is 0.214. The molecule has 112 valence electrons. The normalized spacial score (nSPS) is 12.1. The maximum Gasteiger partial charge on any atom is 0.142 e. The third-order valence-electron chi connectivity index (χ3n) is 3.31. The Kier molecular flexibility index (Phi) is 4.85. The predicted molar refractivity (Wildman–Crippen MR) is 82.4 cm³/mol. The van der Waals surface area contributed by atoms with Crippen LogP contribution in [-0.4, -0.2) is 19.3 Å². The van der Waals surface area contributed by atoms with Crippen LogP contribution in [0.1, 0.15) is 22.8 Å². The van der Waals surface area contributed by atoms with Crippen molar-refractivity contribution in [3.05, 3.63) is 57.3 Å². The lowest BCUT2D eigenvalue weighted by Crippen LogP contribution is -2.04. The molecule has 0 aromatic heterocycles. The van der Waals surface area contributed by atoms with E-state index in [-0.39, 0.29) is 5.82 Å². The molecule has 2 aromatic rings. The molecule has 0 aliphatic heterocycles.